The first-order valence-electron chi connectivity index (χ1n) is 16.1. The van der Waals surface area contributed by atoms with Crippen LogP contribution in [0.5, 0.6) is 0 Å². The zero-order valence-corrected chi connectivity index (χ0v) is 26.3. The van der Waals surface area contributed by atoms with E-state index >= 15 is 0 Å². The van der Waals surface area contributed by atoms with Crippen molar-refractivity contribution in [3.8, 4) is 0 Å². The smallest absolute Gasteiger partial charge is 0.169 e. The Balaban J connectivity index is 1.27. The van der Waals surface area contributed by atoms with Gasteiger partial charge in [-0.1, -0.05) is 36.4 Å². The zero-order chi connectivity index (χ0) is 29.6. The Bertz CT molecular complexity index is 1620. The van der Waals surface area contributed by atoms with Gasteiger partial charge in [-0.2, -0.15) is 0 Å². The van der Waals surface area contributed by atoms with Gasteiger partial charge in [0.25, 0.3) is 0 Å². The zero-order valence-electron chi connectivity index (χ0n) is 26.3. The van der Waals surface area contributed by atoms with Gasteiger partial charge in [0, 0.05) is 52.6 Å². The third kappa shape index (κ3) is 7.14. The normalized spacial score (nSPS) is 15.3. The van der Waals surface area contributed by atoms with Crippen LogP contribution in [0.25, 0.3) is 46.1 Å². The minimum absolute atomic E-state index is 1.07. The second kappa shape index (κ2) is 13.1. The summed E-state index contributed by atoms with van der Waals surface area (Å²) in [5, 5.41) is 2.68. The molecule has 0 unspecified atom stereocenters. The predicted octanol–water partition coefficient (Wildman–Crippen LogP) is 7.59. The maximum atomic E-state index is 2.57. The maximum Gasteiger partial charge on any atom is 0.169 e. The molecule has 4 heteroatoms. The number of nitrogens with zero attached hydrogens (tertiary/aromatic N) is 4. The molecule has 6 rings (SSSR count). The van der Waals surface area contributed by atoms with E-state index in [1.165, 1.54) is 107 Å². The molecule has 0 aliphatic carbocycles. The van der Waals surface area contributed by atoms with E-state index in [0.717, 1.165) is 6.54 Å². The van der Waals surface area contributed by atoms with Crippen molar-refractivity contribution in [1.82, 2.24) is 4.57 Å². The van der Waals surface area contributed by atoms with E-state index < -0.39 is 0 Å². The summed E-state index contributed by atoms with van der Waals surface area (Å²) in [6.45, 7) is 5.13. The molecule has 1 fully saturated rings. The number of aryl methyl sites for hydroxylation is 3. The van der Waals surface area contributed by atoms with Gasteiger partial charge in [-0.3, -0.25) is 0 Å². The van der Waals surface area contributed by atoms with Crippen molar-refractivity contribution in [2.24, 2.45) is 14.1 Å². The van der Waals surface area contributed by atoms with Crippen molar-refractivity contribution in [3.63, 3.8) is 0 Å². The first-order valence-corrected chi connectivity index (χ1v) is 16.1. The highest BCUT2D eigenvalue weighted by molar-refractivity contribution is 6.09. The molecular formula is C39H47N4+3. The van der Waals surface area contributed by atoms with Crippen LogP contribution in [0.15, 0.2) is 85.5 Å². The SMILES string of the molecule is C[n+]1ccc(/C=C/c2ccc3c(c2)c2cc(/C=C/c4cc[n+](C)cc4)ccc2n3CCCCC[N+]2(C)CCCCC2)cc1. The lowest BCUT2D eigenvalue weighted by molar-refractivity contribution is -0.914. The summed E-state index contributed by atoms with van der Waals surface area (Å²) in [5.74, 6) is 0. The Morgan fingerprint density at radius 2 is 1.09 bits per heavy atom. The first-order chi connectivity index (χ1) is 21.0. The van der Waals surface area contributed by atoms with E-state index in [4.69, 9.17) is 0 Å². The summed E-state index contributed by atoms with van der Waals surface area (Å²) in [6, 6.07) is 22.6. The summed E-state index contributed by atoms with van der Waals surface area (Å²) in [4.78, 5) is 0. The minimum atomic E-state index is 1.07. The molecule has 4 heterocycles. The van der Waals surface area contributed by atoms with Crippen molar-refractivity contribution in [2.45, 2.75) is 45.1 Å². The molecule has 1 saturated heterocycles. The number of fused-ring (bicyclic) bond motifs is 3. The Labute approximate surface area is 257 Å². The second-order valence-electron chi connectivity index (χ2n) is 12.9. The highest BCUT2D eigenvalue weighted by Crippen LogP contribution is 2.32. The topological polar surface area (TPSA) is 12.7 Å². The molecule has 0 amide bonds. The summed E-state index contributed by atoms with van der Waals surface area (Å²) in [5.41, 5.74) is 7.57. The summed E-state index contributed by atoms with van der Waals surface area (Å²) < 4.78 is 7.98. The summed E-state index contributed by atoms with van der Waals surface area (Å²) in [6.07, 6.45) is 25.3. The van der Waals surface area contributed by atoms with Gasteiger partial charge >= 0.3 is 0 Å². The molecule has 3 aromatic heterocycles. The Morgan fingerprint density at radius 3 is 1.60 bits per heavy atom. The number of unbranched alkanes of at least 4 members (excludes halogenated alkanes) is 2. The van der Waals surface area contributed by atoms with Gasteiger partial charge in [-0.25, -0.2) is 9.13 Å². The van der Waals surface area contributed by atoms with Gasteiger partial charge in [0.05, 0.1) is 26.7 Å². The van der Waals surface area contributed by atoms with Crippen molar-refractivity contribution < 1.29 is 13.6 Å². The minimum Gasteiger partial charge on any atom is -0.340 e. The molecule has 5 aromatic rings. The first kappa shape index (κ1) is 29.1. The van der Waals surface area contributed by atoms with Crippen LogP contribution in [-0.4, -0.2) is 35.7 Å². The molecule has 0 atom stereocenters. The molecule has 220 valence electrons. The molecule has 0 saturated carbocycles. The van der Waals surface area contributed by atoms with Crippen molar-refractivity contribution in [1.29, 1.82) is 0 Å². The van der Waals surface area contributed by atoms with Crippen LogP contribution in [0.2, 0.25) is 0 Å². The number of quaternary nitrogens is 1. The lowest BCUT2D eigenvalue weighted by Gasteiger charge is -2.37. The Morgan fingerprint density at radius 1 is 0.605 bits per heavy atom. The monoisotopic (exact) mass is 571 g/mol. The quantitative estimate of drug-likeness (QED) is 0.0931. The molecule has 43 heavy (non-hydrogen) atoms. The van der Waals surface area contributed by atoms with Crippen LogP contribution in [0.4, 0.5) is 0 Å². The molecular weight excluding hydrogens is 524 g/mol. The summed E-state index contributed by atoms with van der Waals surface area (Å²) in [7, 11) is 6.58. The fourth-order valence-corrected chi connectivity index (χ4v) is 6.66. The standard InChI is InChI=1S/C39H47N4/c1-40-23-18-32(19-24-40)10-12-34-14-16-38-36(30-34)37-31-35(13-11-33-20-25-41(2)26-21-33)15-17-39(37)42(38)22-6-4-7-27-43(3)28-8-5-9-29-43/h10-21,23-26,30-31H,4-9,22,27-29H2,1-3H3/q+3. The molecule has 2 aromatic carbocycles. The third-order valence-corrected chi connectivity index (χ3v) is 9.33. The number of pyridine rings is 2. The number of benzene rings is 2. The number of hydrogen-bond acceptors (Lipinski definition) is 0. The highest BCUT2D eigenvalue weighted by atomic mass is 15.3. The molecule has 4 nitrogen and oxygen atoms in total. The van der Waals surface area contributed by atoms with E-state index in [9.17, 15) is 0 Å². The third-order valence-electron chi connectivity index (χ3n) is 9.33. The molecule has 0 N–H and O–H groups in total. The number of likely N-dealkylation sites (tertiary alicyclic amines) is 1. The van der Waals surface area contributed by atoms with E-state index in [1.54, 1.807) is 0 Å². The van der Waals surface area contributed by atoms with E-state index in [0.29, 0.717) is 0 Å². The predicted molar refractivity (Wildman–Crippen MR) is 181 cm³/mol. The Kier molecular flexibility index (Phi) is 8.85. The van der Waals surface area contributed by atoms with Gasteiger partial charge in [-0.05, 0) is 85.0 Å². The van der Waals surface area contributed by atoms with Gasteiger partial charge in [-0.15, -0.1) is 0 Å². The molecule has 0 bridgehead atoms. The molecule has 0 radical (unpaired) electrons. The van der Waals surface area contributed by atoms with Gasteiger partial charge in [0.1, 0.15) is 14.1 Å². The van der Waals surface area contributed by atoms with Crippen LogP contribution in [0.1, 0.15) is 60.8 Å². The van der Waals surface area contributed by atoms with E-state index in [-0.39, 0.29) is 0 Å². The van der Waals surface area contributed by atoms with Crippen LogP contribution in [0.3, 0.4) is 0 Å². The average molecular weight is 572 g/mol. The lowest BCUT2D eigenvalue weighted by atomic mass is 10.1. The highest BCUT2D eigenvalue weighted by Gasteiger charge is 2.23. The molecule has 1 aliphatic rings. The largest absolute Gasteiger partial charge is 0.340 e. The van der Waals surface area contributed by atoms with E-state index in [1.807, 2.05) is 0 Å². The fraction of sp³-hybridized carbons (Fsp3) is 0.333. The van der Waals surface area contributed by atoms with Crippen LogP contribution in [-0.2, 0) is 20.6 Å². The lowest BCUT2D eigenvalue weighted by Crippen LogP contribution is -2.48. The number of hydrogen-bond donors (Lipinski definition) is 0. The molecule has 1 aliphatic heterocycles. The molecule has 0 spiro atoms. The second-order valence-corrected chi connectivity index (χ2v) is 12.9. The number of aromatic nitrogens is 3. The Hall–Kier alpha value is -4.02. The average Bonchev–Trinajstić information content (AvgIpc) is 3.32. The maximum absolute atomic E-state index is 2.57. The van der Waals surface area contributed by atoms with Crippen LogP contribution >= 0.6 is 0 Å². The number of piperidine rings is 1. The summed E-state index contributed by atoms with van der Waals surface area (Å²) >= 11 is 0. The van der Waals surface area contributed by atoms with Crippen molar-refractivity contribution in [3.05, 3.63) is 108 Å². The van der Waals surface area contributed by atoms with Crippen LogP contribution in [0, 0.1) is 0 Å². The van der Waals surface area contributed by atoms with Crippen LogP contribution < -0.4 is 9.13 Å². The van der Waals surface area contributed by atoms with Crippen molar-refractivity contribution >= 4 is 46.1 Å². The van der Waals surface area contributed by atoms with Gasteiger partial charge < -0.3 is 9.05 Å². The van der Waals surface area contributed by atoms with E-state index in [2.05, 4.69) is 145 Å². The van der Waals surface area contributed by atoms with Gasteiger partial charge in [0.15, 0.2) is 24.8 Å². The van der Waals surface area contributed by atoms with Crippen molar-refractivity contribution in [2.75, 3.05) is 26.7 Å². The van der Waals surface area contributed by atoms with Gasteiger partial charge in [0.2, 0.25) is 0 Å². The fourth-order valence-electron chi connectivity index (χ4n) is 6.66. The number of rotatable bonds is 10.